The van der Waals surface area contributed by atoms with Crippen molar-refractivity contribution in [3.05, 3.63) is 53.9 Å². The molecule has 0 fully saturated rings. The molecule has 1 aromatic heterocycles. The summed E-state index contributed by atoms with van der Waals surface area (Å²) in [5.74, 6) is -1.20. The molecule has 84 valence electrons. The maximum absolute atomic E-state index is 13.3. The van der Waals surface area contributed by atoms with Crippen molar-refractivity contribution >= 4 is 0 Å². The van der Waals surface area contributed by atoms with E-state index in [1.54, 1.807) is 18.5 Å². The second kappa shape index (κ2) is 4.40. The molecule has 1 heterocycles. The van der Waals surface area contributed by atoms with E-state index in [1.807, 2.05) is 0 Å². The number of benzene rings is 1. The Labute approximate surface area is 91.0 Å². The van der Waals surface area contributed by atoms with Crippen molar-refractivity contribution in [3.63, 3.8) is 0 Å². The maximum Gasteiger partial charge on any atom is 0.129 e. The first kappa shape index (κ1) is 10.8. The number of nitrogens with zero attached hydrogens (tertiary/aromatic N) is 2. The van der Waals surface area contributed by atoms with Crippen LogP contribution in [0.2, 0.25) is 0 Å². The van der Waals surface area contributed by atoms with E-state index in [0.29, 0.717) is 0 Å². The Kier molecular flexibility index (Phi) is 2.96. The zero-order chi connectivity index (χ0) is 11.5. The molecule has 0 saturated carbocycles. The van der Waals surface area contributed by atoms with Gasteiger partial charge in [0.05, 0.1) is 6.54 Å². The number of aliphatic hydroxyl groups excluding tert-OH is 1. The largest absolute Gasteiger partial charge is 0.386 e. The molecule has 1 N–H and O–H groups in total. The molecule has 0 aliphatic carbocycles. The van der Waals surface area contributed by atoms with E-state index >= 15 is 0 Å². The Morgan fingerprint density at radius 1 is 1.38 bits per heavy atom. The molecule has 2 aromatic rings. The van der Waals surface area contributed by atoms with Gasteiger partial charge < -0.3 is 5.11 Å². The fourth-order valence-electron chi connectivity index (χ4n) is 1.45. The molecule has 3 nitrogen and oxygen atoms in total. The van der Waals surface area contributed by atoms with E-state index in [-0.39, 0.29) is 12.1 Å². The zero-order valence-electron chi connectivity index (χ0n) is 8.35. The topological polar surface area (TPSA) is 38.0 Å². The third-order valence-electron chi connectivity index (χ3n) is 2.24. The fraction of sp³-hybridized carbons (Fsp3) is 0.182. The first-order valence-electron chi connectivity index (χ1n) is 4.77. The predicted octanol–water partition coefficient (Wildman–Crippen LogP) is 1.89. The fourth-order valence-corrected chi connectivity index (χ4v) is 1.45. The highest BCUT2D eigenvalue weighted by molar-refractivity contribution is 5.20. The summed E-state index contributed by atoms with van der Waals surface area (Å²) < 4.78 is 27.6. The van der Waals surface area contributed by atoms with Crippen LogP contribution in [0.1, 0.15) is 11.7 Å². The van der Waals surface area contributed by atoms with Crippen LogP contribution < -0.4 is 0 Å². The summed E-state index contributed by atoms with van der Waals surface area (Å²) in [7, 11) is 0. The highest BCUT2D eigenvalue weighted by Crippen LogP contribution is 2.19. The molecule has 0 radical (unpaired) electrons. The van der Waals surface area contributed by atoms with Gasteiger partial charge in [0.15, 0.2) is 0 Å². The number of halogens is 2. The second-order valence-electron chi connectivity index (χ2n) is 3.41. The third-order valence-corrected chi connectivity index (χ3v) is 2.24. The van der Waals surface area contributed by atoms with Crippen molar-refractivity contribution in [2.75, 3.05) is 0 Å². The molecule has 0 saturated heterocycles. The standard InChI is InChI=1S/C11H10F2N2O/c12-8-2-3-10(13)9(6-8)11(16)7-15-5-1-4-14-15/h1-6,11,16H,7H2. The van der Waals surface area contributed by atoms with Gasteiger partial charge >= 0.3 is 0 Å². The molecule has 1 aromatic carbocycles. The molecule has 0 aliphatic rings. The summed E-state index contributed by atoms with van der Waals surface area (Å²) in [6.45, 7) is 0.0906. The molecule has 0 bridgehead atoms. The molecular formula is C11H10F2N2O. The molecule has 2 rings (SSSR count). The van der Waals surface area contributed by atoms with Crippen LogP contribution in [0.15, 0.2) is 36.7 Å². The van der Waals surface area contributed by atoms with Gasteiger partial charge in [0.25, 0.3) is 0 Å². The lowest BCUT2D eigenvalue weighted by atomic mass is 10.1. The smallest absolute Gasteiger partial charge is 0.129 e. The Hall–Kier alpha value is -1.75. The Balaban J connectivity index is 2.20. The molecule has 0 spiro atoms. The number of hydrogen-bond acceptors (Lipinski definition) is 2. The SMILES string of the molecule is OC(Cn1cccn1)c1cc(F)ccc1F. The summed E-state index contributed by atoms with van der Waals surface area (Å²) in [4.78, 5) is 0. The van der Waals surface area contributed by atoms with Gasteiger partial charge in [-0.15, -0.1) is 0 Å². The Morgan fingerprint density at radius 2 is 2.19 bits per heavy atom. The highest BCUT2D eigenvalue weighted by atomic mass is 19.1. The minimum absolute atomic E-state index is 0.0597. The van der Waals surface area contributed by atoms with Crippen LogP contribution in [0.4, 0.5) is 8.78 Å². The molecule has 0 aliphatic heterocycles. The molecule has 5 heteroatoms. The van der Waals surface area contributed by atoms with Gasteiger partial charge in [0, 0.05) is 18.0 Å². The summed E-state index contributed by atoms with van der Waals surface area (Å²) in [5.41, 5.74) is -0.0597. The third kappa shape index (κ3) is 2.25. The number of rotatable bonds is 3. The van der Waals surface area contributed by atoms with Crippen molar-refractivity contribution in [3.8, 4) is 0 Å². The average molecular weight is 224 g/mol. The summed E-state index contributed by atoms with van der Waals surface area (Å²) in [5, 5.41) is 13.6. The quantitative estimate of drug-likeness (QED) is 0.864. The Morgan fingerprint density at radius 3 is 2.88 bits per heavy atom. The van der Waals surface area contributed by atoms with Crippen LogP contribution >= 0.6 is 0 Å². The Bertz CT molecular complexity index is 471. The first-order valence-corrected chi connectivity index (χ1v) is 4.77. The van der Waals surface area contributed by atoms with Crippen LogP contribution in [0.5, 0.6) is 0 Å². The van der Waals surface area contributed by atoms with Gasteiger partial charge in [-0.3, -0.25) is 4.68 Å². The van der Waals surface area contributed by atoms with Gasteiger partial charge in [-0.05, 0) is 24.3 Å². The van der Waals surface area contributed by atoms with Crippen molar-refractivity contribution in [1.82, 2.24) is 9.78 Å². The van der Waals surface area contributed by atoms with Gasteiger partial charge in [-0.1, -0.05) is 0 Å². The lowest BCUT2D eigenvalue weighted by Gasteiger charge is -2.12. The first-order chi connectivity index (χ1) is 7.66. The van der Waals surface area contributed by atoms with E-state index < -0.39 is 17.7 Å². The molecule has 1 atom stereocenters. The summed E-state index contributed by atoms with van der Waals surface area (Å²) in [6.07, 6.45) is 2.07. The zero-order valence-corrected chi connectivity index (χ0v) is 8.35. The van der Waals surface area contributed by atoms with Crippen molar-refractivity contribution in [2.24, 2.45) is 0 Å². The highest BCUT2D eigenvalue weighted by Gasteiger charge is 2.14. The van der Waals surface area contributed by atoms with E-state index in [1.165, 1.54) is 4.68 Å². The van der Waals surface area contributed by atoms with Gasteiger partial charge in [-0.25, -0.2) is 8.78 Å². The van der Waals surface area contributed by atoms with Crippen LogP contribution in [0, 0.1) is 11.6 Å². The average Bonchev–Trinajstić information content (AvgIpc) is 2.74. The molecule has 16 heavy (non-hydrogen) atoms. The minimum atomic E-state index is -1.12. The minimum Gasteiger partial charge on any atom is -0.386 e. The van der Waals surface area contributed by atoms with Crippen LogP contribution in [-0.2, 0) is 6.54 Å². The van der Waals surface area contributed by atoms with E-state index in [0.717, 1.165) is 18.2 Å². The monoisotopic (exact) mass is 224 g/mol. The number of aliphatic hydroxyl groups is 1. The number of aromatic nitrogens is 2. The normalized spacial score (nSPS) is 12.7. The predicted molar refractivity (Wildman–Crippen MR) is 53.5 cm³/mol. The molecule has 0 amide bonds. The van der Waals surface area contributed by atoms with Gasteiger partial charge in [0.1, 0.15) is 17.7 Å². The van der Waals surface area contributed by atoms with Gasteiger partial charge in [0.2, 0.25) is 0 Å². The van der Waals surface area contributed by atoms with E-state index in [4.69, 9.17) is 0 Å². The number of hydrogen-bond donors (Lipinski definition) is 1. The van der Waals surface area contributed by atoms with Crippen molar-refractivity contribution in [1.29, 1.82) is 0 Å². The van der Waals surface area contributed by atoms with Crippen LogP contribution in [0.3, 0.4) is 0 Å². The lowest BCUT2D eigenvalue weighted by molar-refractivity contribution is 0.147. The van der Waals surface area contributed by atoms with E-state index in [9.17, 15) is 13.9 Å². The van der Waals surface area contributed by atoms with Crippen LogP contribution in [-0.4, -0.2) is 14.9 Å². The molecule has 1 unspecified atom stereocenters. The lowest BCUT2D eigenvalue weighted by Crippen LogP contribution is -2.10. The maximum atomic E-state index is 13.3. The van der Waals surface area contributed by atoms with E-state index in [2.05, 4.69) is 5.10 Å². The summed E-state index contributed by atoms with van der Waals surface area (Å²) >= 11 is 0. The van der Waals surface area contributed by atoms with Gasteiger partial charge in [-0.2, -0.15) is 5.10 Å². The van der Waals surface area contributed by atoms with Crippen molar-refractivity contribution in [2.45, 2.75) is 12.6 Å². The van der Waals surface area contributed by atoms with Crippen molar-refractivity contribution < 1.29 is 13.9 Å². The van der Waals surface area contributed by atoms with Crippen LogP contribution in [0.25, 0.3) is 0 Å². The molecular weight excluding hydrogens is 214 g/mol. The summed E-state index contributed by atoms with van der Waals surface area (Å²) in [6, 6.07) is 4.69. The second-order valence-corrected chi connectivity index (χ2v) is 3.41.